The minimum absolute atomic E-state index is 0.198. The van der Waals surface area contributed by atoms with E-state index in [4.69, 9.17) is 28.4 Å². The minimum Gasteiger partial charge on any atom is -0.466 e. The smallest absolute Gasteiger partial charge is 0.466 e. The zero-order chi connectivity index (χ0) is 39.0. The second kappa shape index (κ2) is 39.8. The van der Waals surface area contributed by atoms with E-state index < -0.39 is 6.16 Å². The number of rotatable bonds is 40. The summed E-state index contributed by atoms with van der Waals surface area (Å²) in [5, 5.41) is 0. The number of hydrogen-bond acceptors (Lipinski definition) is 9. The van der Waals surface area contributed by atoms with Crippen molar-refractivity contribution in [3.8, 4) is 0 Å². The van der Waals surface area contributed by atoms with Crippen LogP contribution < -0.4 is 0 Å². The van der Waals surface area contributed by atoms with Gasteiger partial charge in [-0.25, -0.2) is 4.79 Å². The van der Waals surface area contributed by atoms with Crippen molar-refractivity contribution in [2.45, 2.75) is 219 Å². The summed E-state index contributed by atoms with van der Waals surface area (Å²) < 4.78 is 34.5. The van der Waals surface area contributed by atoms with Gasteiger partial charge in [-0.3, -0.25) is 9.69 Å². The molecule has 0 bridgehead atoms. The lowest BCUT2D eigenvalue weighted by Crippen LogP contribution is -2.37. The van der Waals surface area contributed by atoms with Crippen LogP contribution in [0.1, 0.15) is 207 Å². The summed E-state index contributed by atoms with van der Waals surface area (Å²) in [5.74, 6) is -0.198. The summed E-state index contributed by atoms with van der Waals surface area (Å²) in [5.41, 5.74) is 0. The van der Waals surface area contributed by atoms with Crippen LogP contribution in [0.5, 0.6) is 0 Å². The summed E-state index contributed by atoms with van der Waals surface area (Å²) >= 11 is 0. The monoisotopic (exact) mass is 770 g/mol. The first kappa shape index (κ1) is 50.6. The van der Waals surface area contributed by atoms with Gasteiger partial charge in [0.1, 0.15) is 6.10 Å². The van der Waals surface area contributed by atoms with Crippen LogP contribution in [0.2, 0.25) is 0 Å². The lowest BCUT2D eigenvalue weighted by Gasteiger charge is -2.26. The summed E-state index contributed by atoms with van der Waals surface area (Å²) in [6.45, 7) is 13.1. The fourth-order valence-electron chi connectivity index (χ4n) is 6.93. The molecular formula is C45H87NO8. The van der Waals surface area contributed by atoms with Crippen molar-refractivity contribution >= 4 is 12.1 Å². The Morgan fingerprint density at radius 1 is 0.519 bits per heavy atom. The first-order chi connectivity index (χ1) is 26.6. The molecule has 1 rings (SSSR count). The number of carbonyl (C=O) groups excluding carboxylic acids is 2. The van der Waals surface area contributed by atoms with Gasteiger partial charge in [-0.2, -0.15) is 0 Å². The molecule has 1 aliphatic rings. The number of nitrogens with zero attached hydrogens (tertiary/aromatic N) is 1. The topological polar surface area (TPSA) is 92.8 Å². The predicted molar refractivity (Wildman–Crippen MR) is 221 cm³/mol. The van der Waals surface area contributed by atoms with Crippen LogP contribution in [0.25, 0.3) is 0 Å². The van der Waals surface area contributed by atoms with E-state index >= 15 is 0 Å². The number of morpholine rings is 1. The molecule has 1 aliphatic heterocycles. The molecule has 9 nitrogen and oxygen atoms in total. The largest absolute Gasteiger partial charge is 0.508 e. The van der Waals surface area contributed by atoms with E-state index in [-0.39, 0.29) is 25.0 Å². The maximum atomic E-state index is 12.6. The van der Waals surface area contributed by atoms with Crippen molar-refractivity contribution in [1.82, 2.24) is 4.90 Å². The van der Waals surface area contributed by atoms with Gasteiger partial charge in [0.25, 0.3) is 0 Å². The van der Waals surface area contributed by atoms with Crippen molar-refractivity contribution in [3.63, 3.8) is 0 Å². The zero-order valence-electron chi connectivity index (χ0n) is 35.7. The van der Waals surface area contributed by atoms with Crippen LogP contribution in [-0.2, 0) is 33.2 Å². The molecule has 1 heterocycles. The highest BCUT2D eigenvalue weighted by molar-refractivity contribution is 5.69. The van der Waals surface area contributed by atoms with Gasteiger partial charge in [0.15, 0.2) is 6.29 Å². The molecule has 0 N–H and O–H groups in total. The highest BCUT2D eigenvalue weighted by atomic mass is 16.7. The molecule has 0 spiro atoms. The molecule has 54 heavy (non-hydrogen) atoms. The SMILES string of the molecule is CCCCCCCCCCCCC(CCOC(=O)CCCCC(OCCCCCCCC)OCCCCCCCC)OC(=O)OCCCN1CCOCC1. The number of esters is 1. The van der Waals surface area contributed by atoms with Crippen molar-refractivity contribution in [3.05, 3.63) is 0 Å². The zero-order valence-corrected chi connectivity index (χ0v) is 35.7. The third kappa shape index (κ3) is 33.9. The Morgan fingerprint density at radius 3 is 1.57 bits per heavy atom. The quantitative estimate of drug-likeness (QED) is 0.0343. The second-order valence-electron chi connectivity index (χ2n) is 15.6. The van der Waals surface area contributed by atoms with E-state index in [9.17, 15) is 9.59 Å². The molecule has 0 aromatic rings. The molecular weight excluding hydrogens is 682 g/mol. The van der Waals surface area contributed by atoms with Gasteiger partial charge in [0.05, 0.1) is 26.4 Å². The molecule has 1 fully saturated rings. The van der Waals surface area contributed by atoms with Crippen LogP contribution in [0.3, 0.4) is 0 Å². The van der Waals surface area contributed by atoms with E-state index in [1.807, 2.05) is 0 Å². The van der Waals surface area contributed by atoms with Crippen LogP contribution in [0.4, 0.5) is 4.79 Å². The van der Waals surface area contributed by atoms with Crippen molar-refractivity contribution in [2.24, 2.45) is 0 Å². The van der Waals surface area contributed by atoms with Gasteiger partial charge >= 0.3 is 12.1 Å². The summed E-state index contributed by atoms with van der Waals surface area (Å²) in [7, 11) is 0. The first-order valence-corrected chi connectivity index (χ1v) is 23.1. The molecule has 1 saturated heterocycles. The molecule has 0 aromatic heterocycles. The number of hydrogen-bond donors (Lipinski definition) is 0. The van der Waals surface area contributed by atoms with Gasteiger partial charge in [-0.15, -0.1) is 0 Å². The van der Waals surface area contributed by atoms with Crippen LogP contribution >= 0.6 is 0 Å². The van der Waals surface area contributed by atoms with Crippen LogP contribution in [0, 0.1) is 0 Å². The average molecular weight is 770 g/mol. The van der Waals surface area contributed by atoms with Gasteiger partial charge in [-0.05, 0) is 51.4 Å². The molecule has 1 atom stereocenters. The Balaban J connectivity index is 2.39. The first-order valence-electron chi connectivity index (χ1n) is 23.1. The summed E-state index contributed by atoms with van der Waals surface area (Å²) in [6.07, 6.45) is 31.1. The van der Waals surface area contributed by atoms with Gasteiger partial charge in [0.2, 0.25) is 0 Å². The van der Waals surface area contributed by atoms with Gasteiger partial charge < -0.3 is 28.4 Å². The van der Waals surface area contributed by atoms with Crippen LogP contribution in [-0.4, -0.2) is 88.7 Å². The molecule has 0 radical (unpaired) electrons. The number of ether oxygens (including phenoxy) is 6. The molecule has 1 unspecified atom stereocenters. The Morgan fingerprint density at radius 2 is 1.02 bits per heavy atom. The van der Waals surface area contributed by atoms with Gasteiger partial charge in [-0.1, -0.05) is 143 Å². The molecule has 9 heteroatoms. The molecule has 320 valence electrons. The van der Waals surface area contributed by atoms with E-state index in [1.165, 1.54) is 116 Å². The predicted octanol–water partition coefficient (Wildman–Crippen LogP) is 12.1. The fraction of sp³-hybridized carbons (Fsp3) is 0.956. The standard InChI is InChI=1S/C45H87NO8/c1-4-7-10-13-16-17-18-19-20-23-29-42(54-45(48)53-38-28-33-46-34-40-49-41-35-46)32-39-50-43(47)30-24-25-31-44(51-36-26-21-14-11-8-5-2)52-37-27-22-15-12-9-6-3/h42,44H,4-41H2,1-3H3. The normalized spacial score (nSPS) is 14.1. The lowest BCUT2D eigenvalue weighted by atomic mass is 10.0. The minimum atomic E-state index is -0.618. The lowest BCUT2D eigenvalue weighted by molar-refractivity contribution is -0.150. The second-order valence-corrected chi connectivity index (χ2v) is 15.6. The number of unbranched alkanes of at least 4 members (excludes halogenated alkanes) is 20. The summed E-state index contributed by atoms with van der Waals surface area (Å²) in [4.78, 5) is 27.6. The molecule has 0 amide bonds. The van der Waals surface area contributed by atoms with E-state index in [0.29, 0.717) is 19.4 Å². The third-order valence-corrected chi connectivity index (χ3v) is 10.5. The molecule has 0 saturated carbocycles. The maximum absolute atomic E-state index is 12.6. The summed E-state index contributed by atoms with van der Waals surface area (Å²) in [6, 6.07) is 0. The van der Waals surface area contributed by atoms with Crippen molar-refractivity contribution in [2.75, 3.05) is 59.3 Å². The Labute approximate surface area is 333 Å². The van der Waals surface area contributed by atoms with Crippen molar-refractivity contribution in [1.29, 1.82) is 0 Å². The molecule has 0 aromatic carbocycles. The fourth-order valence-corrected chi connectivity index (χ4v) is 6.93. The highest BCUT2D eigenvalue weighted by Gasteiger charge is 2.18. The Bertz CT molecular complexity index is 791. The van der Waals surface area contributed by atoms with Gasteiger partial charge in [0, 0.05) is 45.7 Å². The third-order valence-electron chi connectivity index (χ3n) is 10.5. The molecule has 0 aliphatic carbocycles. The Kier molecular flexibility index (Phi) is 37.3. The van der Waals surface area contributed by atoms with E-state index in [1.54, 1.807) is 0 Å². The van der Waals surface area contributed by atoms with E-state index in [0.717, 1.165) is 104 Å². The maximum Gasteiger partial charge on any atom is 0.508 e. The Hall–Kier alpha value is -1.42. The van der Waals surface area contributed by atoms with Crippen molar-refractivity contribution < 1.29 is 38.0 Å². The van der Waals surface area contributed by atoms with E-state index in [2.05, 4.69) is 25.7 Å². The number of carbonyl (C=O) groups is 2. The van der Waals surface area contributed by atoms with Crippen LogP contribution in [0.15, 0.2) is 0 Å². The highest BCUT2D eigenvalue weighted by Crippen LogP contribution is 2.17. The average Bonchev–Trinajstić information content (AvgIpc) is 3.18.